The van der Waals surface area contributed by atoms with Gasteiger partial charge in [-0.3, -0.25) is 0 Å². The number of benzene rings is 1. The van der Waals surface area contributed by atoms with Crippen molar-refractivity contribution in [3.8, 4) is 0 Å². The minimum absolute atomic E-state index is 0.0961. The highest BCUT2D eigenvalue weighted by molar-refractivity contribution is 7.89. The molecule has 0 aliphatic carbocycles. The molecule has 0 spiro atoms. The molecule has 1 amide bonds. The number of nitrogens with one attached hydrogen (secondary N) is 1. The van der Waals surface area contributed by atoms with E-state index in [1.54, 1.807) is 6.92 Å². The molecule has 0 bridgehead atoms. The quantitative estimate of drug-likeness (QED) is 0.636. The van der Waals surface area contributed by atoms with Crippen molar-refractivity contribution in [2.75, 3.05) is 13.2 Å². The number of sulfonamides is 1. The van der Waals surface area contributed by atoms with E-state index in [1.807, 2.05) is 0 Å². The molecule has 0 unspecified atom stereocenters. The summed E-state index contributed by atoms with van der Waals surface area (Å²) >= 11 is 0. The minimum Gasteiger partial charge on any atom is -0.478 e. The number of aromatic carboxylic acids is 1. The molecule has 9 heteroatoms. The number of amides is 1. The van der Waals surface area contributed by atoms with E-state index in [1.165, 1.54) is 12.1 Å². The zero-order valence-corrected chi connectivity index (χ0v) is 11.4. The Morgan fingerprint density at radius 2 is 2.05 bits per heavy atom. The van der Waals surface area contributed by atoms with Gasteiger partial charge in [0.05, 0.1) is 10.5 Å². The van der Waals surface area contributed by atoms with Crippen molar-refractivity contribution in [2.45, 2.75) is 11.8 Å². The molecule has 0 aliphatic heterocycles. The van der Waals surface area contributed by atoms with Crippen molar-refractivity contribution in [2.24, 2.45) is 5.73 Å². The van der Waals surface area contributed by atoms with Gasteiger partial charge in [-0.2, -0.15) is 0 Å². The number of ether oxygens (including phenoxy) is 1. The van der Waals surface area contributed by atoms with E-state index in [0.29, 0.717) is 5.56 Å². The molecule has 0 heterocycles. The standard InChI is InChI=1S/C11H14N2O6S/c1-7-2-3-8(6-9(7)10(14)15)20(17,18)13-4-5-19-11(12)16/h2-3,6,13H,4-5H2,1H3,(H2,12,16)(H,14,15). The highest BCUT2D eigenvalue weighted by Gasteiger charge is 2.17. The van der Waals surface area contributed by atoms with Crippen LogP contribution in [0, 0.1) is 6.92 Å². The molecule has 110 valence electrons. The van der Waals surface area contributed by atoms with Crippen LogP contribution in [0.15, 0.2) is 23.1 Å². The summed E-state index contributed by atoms with van der Waals surface area (Å²) in [5, 5.41) is 8.94. The fraction of sp³-hybridized carbons (Fsp3) is 0.273. The van der Waals surface area contributed by atoms with Gasteiger partial charge in [-0.05, 0) is 24.6 Å². The molecule has 1 aromatic rings. The number of hydrogen-bond acceptors (Lipinski definition) is 5. The van der Waals surface area contributed by atoms with E-state index < -0.39 is 22.1 Å². The summed E-state index contributed by atoms with van der Waals surface area (Å²) in [4.78, 5) is 21.1. The maximum Gasteiger partial charge on any atom is 0.404 e. The Morgan fingerprint density at radius 1 is 1.40 bits per heavy atom. The second-order valence-corrected chi connectivity index (χ2v) is 5.61. The lowest BCUT2D eigenvalue weighted by Gasteiger charge is -2.08. The fourth-order valence-electron chi connectivity index (χ4n) is 1.41. The molecule has 0 fully saturated rings. The molecular formula is C11H14N2O6S. The van der Waals surface area contributed by atoms with Crippen LogP contribution in [0.1, 0.15) is 15.9 Å². The number of carbonyl (C=O) groups excluding carboxylic acids is 1. The molecule has 1 aromatic carbocycles. The Labute approximate surface area is 115 Å². The summed E-state index contributed by atoms with van der Waals surface area (Å²) in [7, 11) is -3.88. The van der Waals surface area contributed by atoms with Crippen LogP contribution in [0.25, 0.3) is 0 Å². The summed E-state index contributed by atoms with van der Waals surface area (Å²) in [5.74, 6) is -1.21. The molecule has 0 atom stereocenters. The van der Waals surface area contributed by atoms with Crippen LogP contribution >= 0.6 is 0 Å². The van der Waals surface area contributed by atoms with Gasteiger partial charge in [0.25, 0.3) is 0 Å². The van der Waals surface area contributed by atoms with Gasteiger partial charge in [0.15, 0.2) is 0 Å². The molecule has 1 rings (SSSR count). The van der Waals surface area contributed by atoms with E-state index in [9.17, 15) is 18.0 Å². The molecule has 8 nitrogen and oxygen atoms in total. The number of aryl methyl sites for hydroxylation is 1. The number of carboxylic acid groups (broad SMARTS) is 1. The number of hydrogen-bond donors (Lipinski definition) is 3. The fourth-order valence-corrected chi connectivity index (χ4v) is 2.45. The Morgan fingerprint density at radius 3 is 2.60 bits per heavy atom. The van der Waals surface area contributed by atoms with Crippen LogP contribution in [-0.4, -0.2) is 38.7 Å². The number of rotatable bonds is 6. The Bertz CT molecular complexity index is 626. The Hall–Kier alpha value is -2.13. The molecule has 4 N–H and O–H groups in total. The number of nitrogens with two attached hydrogens (primary N) is 1. The van der Waals surface area contributed by atoms with Gasteiger partial charge in [0.1, 0.15) is 6.61 Å². The summed E-state index contributed by atoms with van der Waals surface area (Å²) in [6.07, 6.45) is -1.01. The summed E-state index contributed by atoms with van der Waals surface area (Å²) in [5.41, 5.74) is 5.08. The van der Waals surface area contributed by atoms with Crippen LogP contribution in [0.5, 0.6) is 0 Å². The lowest BCUT2D eigenvalue weighted by atomic mass is 10.1. The lowest BCUT2D eigenvalue weighted by Crippen LogP contribution is -2.29. The van der Waals surface area contributed by atoms with Crippen molar-refractivity contribution in [3.63, 3.8) is 0 Å². The lowest BCUT2D eigenvalue weighted by molar-refractivity contribution is 0.0695. The van der Waals surface area contributed by atoms with E-state index in [2.05, 4.69) is 9.46 Å². The zero-order chi connectivity index (χ0) is 15.3. The molecule has 0 saturated heterocycles. The maximum absolute atomic E-state index is 11.9. The normalized spacial score (nSPS) is 11.1. The summed E-state index contributed by atoms with van der Waals surface area (Å²) in [6.45, 7) is 1.18. The van der Waals surface area contributed by atoms with Crippen LogP contribution in [0.2, 0.25) is 0 Å². The highest BCUT2D eigenvalue weighted by Crippen LogP contribution is 2.15. The van der Waals surface area contributed by atoms with Crippen molar-refractivity contribution in [1.29, 1.82) is 0 Å². The van der Waals surface area contributed by atoms with Gasteiger partial charge in [0, 0.05) is 6.54 Å². The van der Waals surface area contributed by atoms with Crippen LogP contribution in [0.4, 0.5) is 4.79 Å². The largest absolute Gasteiger partial charge is 0.478 e. The van der Waals surface area contributed by atoms with E-state index in [-0.39, 0.29) is 23.6 Å². The van der Waals surface area contributed by atoms with Gasteiger partial charge in [-0.25, -0.2) is 22.7 Å². The maximum atomic E-state index is 11.9. The number of carboxylic acids is 1. The van der Waals surface area contributed by atoms with E-state index in [0.717, 1.165) is 6.07 Å². The van der Waals surface area contributed by atoms with Gasteiger partial charge in [-0.15, -0.1) is 0 Å². The molecule has 0 radical (unpaired) electrons. The van der Waals surface area contributed by atoms with Crippen molar-refractivity contribution < 1.29 is 27.9 Å². The zero-order valence-electron chi connectivity index (χ0n) is 10.6. The summed E-state index contributed by atoms with van der Waals surface area (Å²) in [6, 6.07) is 3.76. The number of carbonyl (C=O) groups is 2. The smallest absolute Gasteiger partial charge is 0.404 e. The van der Waals surface area contributed by atoms with Gasteiger partial charge >= 0.3 is 12.1 Å². The third-order valence-corrected chi connectivity index (χ3v) is 3.85. The average molecular weight is 302 g/mol. The molecule has 20 heavy (non-hydrogen) atoms. The molecule has 0 aromatic heterocycles. The molecule has 0 aliphatic rings. The van der Waals surface area contributed by atoms with Crippen LogP contribution in [0.3, 0.4) is 0 Å². The second-order valence-electron chi connectivity index (χ2n) is 3.85. The second kappa shape index (κ2) is 6.35. The SMILES string of the molecule is Cc1ccc(S(=O)(=O)NCCOC(N)=O)cc1C(=O)O. The van der Waals surface area contributed by atoms with Crippen molar-refractivity contribution in [1.82, 2.24) is 4.72 Å². The van der Waals surface area contributed by atoms with Gasteiger partial charge in [0.2, 0.25) is 10.0 Å². The predicted molar refractivity (Wildman–Crippen MR) is 68.9 cm³/mol. The first-order chi connectivity index (χ1) is 9.24. The van der Waals surface area contributed by atoms with Crippen LogP contribution < -0.4 is 10.5 Å². The topological polar surface area (TPSA) is 136 Å². The first-order valence-electron chi connectivity index (χ1n) is 5.50. The van der Waals surface area contributed by atoms with E-state index in [4.69, 9.17) is 10.8 Å². The monoisotopic (exact) mass is 302 g/mol. The Kier molecular flexibility index (Phi) is 5.06. The van der Waals surface area contributed by atoms with Crippen molar-refractivity contribution in [3.05, 3.63) is 29.3 Å². The average Bonchev–Trinajstić information content (AvgIpc) is 2.34. The van der Waals surface area contributed by atoms with Crippen molar-refractivity contribution >= 4 is 22.1 Å². The summed E-state index contributed by atoms with van der Waals surface area (Å²) < 4.78 is 30.3. The van der Waals surface area contributed by atoms with E-state index >= 15 is 0 Å². The first kappa shape index (κ1) is 15.9. The Balaban J connectivity index is 2.85. The third-order valence-electron chi connectivity index (χ3n) is 2.39. The third kappa shape index (κ3) is 4.21. The predicted octanol–water partition coefficient (Wildman–Crippen LogP) is 0.0668. The van der Waals surface area contributed by atoms with Gasteiger partial charge < -0.3 is 15.6 Å². The minimum atomic E-state index is -3.88. The molecule has 0 saturated carbocycles. The number of primary amides is 1. The first-order valence-corrected chi connectivity index (χ1v) is 6.98. The van der Waals surface area contributed by atoms with Gasteiger partial charge in [-0.1, -0.05) is 6.07 Å². The van der Waals surface area contributed by atoms with Crippen LogP contribution in [-0.2, 0) is 14.8 Å². The highest BCUT2D eigenvalue weighted by atomic mass is 32.2. The molecular weight excluding hydrogens is 288 g/mol.